The van der Waals surface area contributed by atoms with Gasteiger partial charge in [0.1, 0.15) is 11.2 Å². The number of pyridine rings is 1. The molecule has 3 aromatic rings. The lowest BCUT2D eigenvalue weighted by Crippen LogP contribution is -2.13. The largest absolute Gasteiger partial charge is 0.321 e. The van der Waals surface area contributed by atoms with E-state index in [1.165, 1.54) is 6.07 Å². The summed E-state index contributed by atoms with van der Waals surface area (Å²) in [6, 6.07) is 7.92. The minimum absolute atomic E-state index is 0.156. The van der Waals surface area contributed by atoms with Gasteiger partial charge in [0.05, 0.1) is 0 Å². The molecule has 100 valence electrons. The number of benzene rings is 1. The minimum atomic E-state index is -0.461. The van der Waals surface area contributed by atoms with Crippen molar-refractivity contribution in [3.8, 4) is 0 Å². The number of fused-ring (bicyclic) bond motifs is 1. The van der Waals surface area contributed by atoms with E-state index >= 15 is 0 Å². The highest BCUT2D eigenvalue weighted by molar-refractivity contribution is 6.11. The Morgan fingerprint density at radius 3 is 3.00 bits per heavy atom. The molecular weight excluding hydrogens is 259 g/mol. The van der Waals surface area contributed by atoms with Crippen LogP contribution < -0.4 is 5.32 Å². The lowest BCUT2D eigenvalue weighted by molar-refractivity contribution is 0.102. The maximum Gasteiger partial charge on any atom is 0.274 e. The molecule has 2 aromatic heterocycles. The quantitative estimate of drug-likeness (QED) is 0.752. The Morgan fingerprint density at radius 2 is 2.20 bits per heavy atom. The number of carbonyl (C=O) groups is 1. The highest BCUT2D eigenvalue weighted by Crippen LogP contribution is 2.19. The molecule has 6 heteroatoms. The number of nitrogens with one attached hydrogen (secondary N) is 2. The molecule has 0 aliphatic rings. The summed E-state index contributed by atoms with van der Waals surface area (Å²) in [6.45, 7) is 1.83. The molecule has 0 unspecified atom stereocenters. The predicted octanol–water partition coefficient (Wildman–Crippen LogP) is 2.66. The molecule has 0 bridgehead atoms. The standard InChI is InChI=1S/C14H11FN4O/c1-8-7-9(5-6-16-8)17-14(20)13-10-3-2-4-11(15)12(10)18-19-13/h2-7H,1H3,(H,18,19)(H,16,17,20). The van der Waals surface area contributed by atoms with Gasteiger partial charge in [-0.1, -0.05) is 12.1 Å². The Morgan fingerprint density at radius 1 is 1.35 bits per heavy atom. The number of halogens is 1. The highest BCUT2D eigenvalue weighted by atomic mass is 19.1. The molecule has 0 spiro atoms. The summed E-state index contributed by atoms with van der Waals surface area (Å²) >= 11 is 0. The first-order valence-corrected chi connectivity index (χ1v) is 6.02. The summed E-state index contributed by atoms with van der Waals surface area (Å²) in [5.74, 6) is -0.832. The fraction of sp³-hybridized carbons (Fsp3) is 0.0714. The van der Waals surface area contributed by atoms with Gasteiger partial charge in [-0.25, -0.2) is 4.39 Å². The Kier molecular flexibility index (Phi) is 2.90. The van der Waals surface area contributed by atoms with Crippen LogP contribution in [0, 0.1) is 12.7 Å². The van der Waals surface area contributed by atoms with E-state index in [2.05, 4.69) is 20.5 Å². The Balaban J connectivity index is 1.95. The molecule has 20 heavy (non-hydrogen) atoms. The SMILES string of the molecule is Cc1cc(NC(=O)c2[nH]nc3c(F)cccc23)ccn1. The van der Waals surface area contributed by atoms with E-state index in [9.17, 15) is 9.18 Å². The van der Waals surface area contributed by atoms with Gasteiger partial charge in [-0.05, 0) is 25.1 Å². The van der Waals surface area contributed by atoms with E-state index in [4.69, 9.17) is 0 Å². The molecule has 0 saturated carbocycles. The summed E-state index contributed by atoms with van der Waals surface area (Å²) in [7, 11) is 0. The van der Waals surface area contributed by atoms with Crippen molar-refractivity contribution in [1.82, 2.24) is 15.2 Å². The number of amides is 1. The number of hydrogen-bond acceptors (Lipinski definition) is 3. The smallest absolute Gasteiger partial charge is 0.274 e. The number of H-pyrrole nitrogens is 1. The van der Waals surface area contributed by atoms with Gasteiger partial charge in [0.15, 0.2) is 5.82 Å². The Bertz CT molecular complexity index is 797. The fourth-order valence-electron chi connectivity index (χ4n) is 1.99. The number of nitrogens with zero attached hydrogens (tertiary/aromatic N) is 2. The van der Waals surface area contributed by atoms with Gasteiger partial charge in [0, 0.05) is 23.0 Å². The van der Waals surface area contributed by atoms with E-state index in [-0.39, 0.29) is 17.1 Å². The third kappa shape index (κ3) is 2.11. The molecule has 0 fully saturated rings. The van der Waals surface area contributed by atoms with Crippen molar-refractivity contribution in [3.63, 3.8) is 0 Å². The number of rotatable bonds is 2. The van der Waals surface area contributed by atoms with Gasteiger partial charge in [0.2, 0.25) is 0 Å². The monoisotopic (exact) mass is 270 g/mol. The van der Waals surface area contributed by atoms with E-state index in [0.717, 1.165) is 5.69 Å². The van der Waals surface area contributed by atoms with Crippen LogP contribution in [-0.2, 0) is 0 Å². The molecule has 1 amide bonds. The molecule has 0 radical (unpaired) electrons. The summed E-state index contributed by atoms with van der Waals surface area (Å²) in [6.07, 6.45) is 1.61. The van der Waals surface area contributed by atoms with Gasteiger partial charge >= 0.3 is 0 Å². The molecule has 2 heterocycles. The van der Waals surface area contributed by atoms with Crippen molar-refractivity contribution in [3.05, 3.63) is 53.7 Å². The molecule has 0 aliphatic heterocycles. The van der Waals surface area contributed by atoms with Gasteiger partial charge in [-0.3, -0.25) is 14.9 Å². The highest BCUT2D eigenvalue weighted by Gasteiger charge is 2.15. The number of aromatic amines is 1. The fourth-order valence-corrected chi connectivity index (χ4v) is 1.99. The number of aryl methyl sites for hydroxylation is 1. The Labute approximate surface area is 113 Å². The second kappa shape index (κ2) is 4.73. The predicted molar refractivity (Wildman–Crippen MR) is 73.0 cm³/mol. The van der Waals surface area contributed by atoms with Crippen molar-refractivity contribution in [2.75, 3.05) is 5.32 Å². The van der Waals surface area contributed by atoms with Gasteiger partial charge < -0.3 is 5.32 Å². The first-order chi connectivity index (χ1) is 9.65. The zero-order valence-electron chi connectivity index (χ0n) is 10.6. The second-order valence-corrected chi connectivity index (χ2v) is 4.37. The van der Waals surface area contributed by atoms with Crippen molar-refractivity contribution in [2.24, 2.45) is 0 Å². The van der Waals surface area contributed by atoms with Crippen LogP contribution in [0.2, 0.25) is 0 Å². The molecule has 5 nitrogen and oxygen atoms in total. The molecule has 0 aliphatic carbocycles. The van der Waals surface area contributed by atoms with Crippen LogP contribution in [0.15, 0.2) is 36.5 Å². The molecular formula is C14H11FN4O. The van der Waals surface area contributed by atoms with E-state index < -0.39 is 5.82 Å². The van der Waals surface area contributed by atoms with Crippen LogP contribution in [0.4, 0.5) is 10.1 Å². The van der Waals surface area contributed by atoms with Crippen LogP contribution in [0.5, 0.6) is 0 Å². The summed E-state index contributed by atoms with van der Waals surface area (Å²) in [4.78, 5) is 16.2. The number of anilines is 1. The molecule has 1 aromatic carbocycles. The van der Waals surface area contributed by atoms with Gasteiger partial charge in [-0.2, -0.15) is 5.10 Å². The second-order valence-electron chi connectivity index (χ2n) is 4.37. The normalized spacial score (nSPS) is 10.7. The third-order valence-electron chi connectivity index (χ3n) is 2.92. The first-order valence-electron chi connectivity index (χ1n) is 6.02. The Hall–Kier alpha value is -2.76. The molecule has 0 saturated heterocycles. The van der Waals surface area contributed by atoms with Crippen molar-refractivity contribution in [2.45, 2.75) is 6.92 Å². The topological polar surface area (TPSA) is 70.7 Å². The maximum absolute atomic E-state index is 13.5. The number of para-hydroxylation sites is 1. The lowest BCUT2D eigenvalue weighted by atomic mass is 10.2. The average molecular weight is 270 g/mol. The lowest BCUT2D eigenvalue weighted by Gasteiger charge is -2.04. The van der Waals surface area contributed by atoms with Crippen molar-refractivity contribution >= 4 is 22.5 Å². The summed E-state index contributed by atoms with van der Waals surface area (Å²) in [5.41, 5.74) is 1.81. The van der Waals surface area contributed by atoms with E-state index in [1.54, 1.807) is 30.5 Å². The number of carbonyl (C=O) groups excluding carboxylic acids is 1. The van der Waals surface area contributed by atoms with E-state index in [1.807, 2.05) is 6.92 Å². The number of hydrogen-bond donors (Lipinski definition) is 2. The summed E-state index contributed by atoms with van der Waals surface area (Å²) < 4.78 is 13.5. The van der Waals surface area contributed by atoms with Crippen LogP contribution in [0.1, 0.15) is 16.2 Å². The van der Waals surface area contributed by atoms with Crippen LogP contribution >= 0.6 is 0 Å². The van der Waals surface area contributed by atoms with Gasteiger partial charge in [-0.15, -0.1) is 0 Å². The number of aromatic nitrogens is 3. The van der Waals surface area contributed by atoms with Crippen LogP contribution in [0.25, 0.3) is 10.9 Å². The van der Waals surface area contributed by atoms with E-state index in [0.29, 0.717) is 11.1 Å². The molecule has 2 N–H and O–H groups in total. The third-order valence-corrected chi connectivity index (χ3v) is 2.92. The zero-order valence-corrected chi connectivity index (χ0v) is 10.6. The average Bonchev–Trinajstić information content (AvgIpc) is 2.84. The van der Waals surface area contributed by atoms with Crippen LogP contribution in [-0.4, -0.2) is 21.1 Å². The van der Waals surface area contributed by atoms with Gasteiger partial charge in [0.25, 0.3) is 5.91 Å². The maximum atomic E-state index is 13.5. The summed E-state index contributed by atoms with van der Waals surface area (Å²) in [5, 5.41) is 9.57. The first kappa shape index (κ1) is 12.3. The zero-order chi connectivity index (χ0) is 14.1. The minimum Gasteiger partial charge on any atom is -0.321 e. The van der Waals surface area contributed by atoms with Crippen LogP contribution in [0.3, 0.4) is 0 Å². The van der Waals surface area contributed by atoms with Crippen molar-refractivity contribution < 1.29 is 9.18 Å². The molecule has 0 atom stereocenters. The molecule has 3 rings (SSSR count). The van der Waals surface area contributed by atoms with Crippen molar-refractivity contribution in [1.29, 1.82) is 0 Å².